The first-order valence-electron chi connectivity index (χ1n) is 14.0. The molecule has 9 rings (SSSR count). The number of hydrogen-bond donors (Lipinski definition) is 0. The number of nitrogens with zero attached hydrogens (tertiary/aromatic N) is 1. The zero-order valence-corrected chi connectivity index (χ0v) is 22.1. The highest BCUT2D eigenvalue weighted by molar-refractivity contribution is 6.27. The summed E-state index contributed by atoms with van der Waals surface area (Å²) >= 11 is 0. The van der Waals surface area contributed by atoms with Gasteiger partial charge in [0.15, 0.2) is 0 Å². The van der Waals surface area contributed by atoms with E-state index in [1.54, 1.807) is 0 Å². The van der Waals surface area contributed by atoms with E-state index in [9.17, 15) is 0 Å². The molecule has 0 amide bonds. The number of para-hydroxylation sites is 2. The SMILES string of the molecule is c1ccc(-c2ccc3ccc4c(-c5ccc(-c6cccc7c6oc6ccccc67)cn5)ccc5ccc2c3c54)cc1. The number of furan rings is 1. The molecule has 0 aliphatic rings. The molecular formula is C39H23NO. The van der Waals surface area contributed by atoms with Crippen LogP contribution >= 0.6 is 0 Å². The van der Waals surface area contributed by atoms with E-state index in [1.807, 2.05) is 18.3 Å². The van der Waals surface area contributed by atoms with Gasteiger partial charge in [-0.2, -0.15) is 0 Å². The van der Waals surface area contributed by atoms with E-state index in [0.29, 0.717) is 0 Å². The van der Waals surface area contributed by atoms with Crippen LogP contribution in [0.3, 0.4) is 0 Å². The second-order valence-electron chi connectivity index (χ2n) is 10.7. The van der Waals surface area contributed by atoms with E-state index in [-0.39, 0.29) is 0 Å². The summed E-state index contributed by atoms with van der Waals surface area (Å²) in [5.41, 5.74) is 8.52. The normalized spacial score (nSPS) is 11.9. The number of fused-ring (bicyclic) bond motifs is 3. The molecule has 0 radical (unpaired) electrons. The minimum Gasteiger partial charge on any atom is -0.455 e. The van der Waals surface area contributed by atoms with Gasteiger partial charge in [0.25, 0.3) is 0 Å². The van der Waals surface area contributed by atoms with Gasteiger partial charge in [-0.15, -0.1) is 0 Å². The standard InChI is InChI=1S/C39H23NO/c1-2-7-24(8-3-1)28-18-13-25-16-21-33-30(19-14-26-15-20-32(28)37(25)38(26)33)35-22-17-27(23-40-35)29-10-6-11-34-31-9-4-5-12-36(31)41-39(29)34/h1-23H. The Balaban J connectivity index is 1.21. The topological polar surface area (TPSA) is 26.0 Å². The highest BCUT2D eigenvalue weighted by atomic mass is 16.3. The summed E-state index contributed by atoms with van der Waals surface area (Å²) in [6.07, 6.45) is 1.97. The van der Waals surface area contributed by atoms with Crippen LogP contribution in [0.5, 0.6) is 0 Å². The minimum absolute atomic E-state index is 0.903. The average Bonchev–Trinajstić information content (AvgIpc) is 3.43. The summed E-state index contributed by atoms with van der Waals surface area (Å²) in [7, 11) is 0. The summed E-state index contributed by atoms with van der Waals surface area (Å²) in [5, 5.41) is 9.90. The van der Waals surface area contributed by atoms with E-state index in [0.717, 1.165) is 44.3 Å². The van der Waals surface area contributed by atoms with Crippen LogP contribution in [0.2, 0.25) is 0 Å². The van der Waals surface area contributed by atoms with Gasteiger partial charge in [0, 0.05) is 33.7 Å². The van der Waals surface area contributed by atoms with Gasteiger partial charge in [-0.3, -0.25) is 4.98 Å². The molecule has 7 aromatic carbocycles. The van der Waals surface area contributed by atoms with Crippen molar-refractivity contribution in [2.45, 2.75) is 0 Å². The third kappa shape index (κ3) is 3.28. The fraction of sp³-hybridized carbons (Fsp3) is 0. The zero-order chi connectivity index (χ0) is 26.9. The highest BCUT2D eigenvalue weighted by Gasteiger charge is 2.16. The van der Waals surface area contributed by atoms with E-state index >= 15 is 0 Å². The summed E-state index contributed by atoms with van der Waals surface area (Å²) in [4.78, 5) is 4.99. The summed E-state index contributed by atoms with van der Waals surface area (Å²) in [6, 6.07) is 47.5. The molecular weight excluding hydrogens is 498 g/mol. The molecule has 41 heavy (non-hydrogen) atoms. The quantitative estimate of drug-likeness (QED) is 0.216. The van der Waals surface area contributed by atoms with Crippen LogP contribution in [-0.2, 0) is 0 Å². The Bertz CT molecular complexity index is 2400. The molecule has 0 aliphatic carbocycles. The van der Waals surface area contributed by atoms with Gasteiger partial charge < -0.3 is 4.42 Å². The molecule has 2 heteroatoms. The molecule has 9 aromatic rings. The van der Waals surface area contributed by atoms with Gasteiger partial charge in [0.1, 0.15) is 11.2 Å². The lowest BCUT2D eigenvalue weighted by molar-refractivity contribution is 0.670. The first-order valence-corrected chi connectivity index (χ1v) is 14.0. The zero-order valence-electron chi connectivity index (χ0n) is 22.1. The number of aromatic nitrogens is 1. The fourth-order valence-corrected chi connectivity index (χ4v) is 6.58. The molecule has 0 aliphatic heterocycles. The fourth-order valence-electron chi connectivity index (χ4n) is 6.58. The maximum atomic E-state index is 6.29. The van der Waals surface area contributed by atoms with Crippen molar-refractivity contribution < 1.29 is 4.42 Å². The first-order chi connectivity index (χ1) is 20.3. The Kier molecular flexibility index (Phi) is 4.64. The first kappa shape index (κ1) is 22.4. The van der Waals surface area contributed by atoms with Crippen LogP contribution in [-0.4, -0.2) is 4.98 Å². The van der Waals surface area contributed by atoms with Crippen molar-refractivity contribution in [3.8, 4) is 33.5 Å². The van der Waals surface area contributed by atoms with Crippen LogP contribution in [0.4, 0.5) is 0 Å². The van der Waals surface area contributed by atoms with Crippen LogP contribution in [0.1, 0.15) is 0 Å². The predicted octanol–water partition coefficient (Wildman–Crippen LogP) is 10.9. The summed E-state index contributed by atoms with van der Waals surface area (Å²) < 4.78 is 6.29. The van der Waals surface area contributed by atoms with Gasteiger partial charge in [-0.1, -0.05) is 121 Å². The van der Waals surface area contributed by atoms with Crippen molar-refractivity contribution in [2.75, 3.05) is 0 Å². The van der Waals surface area contributed by atoms with Gasteiger partial charge in [-0.25, -0.2) is 0 Å². The molecule has 0 saturated heterocycles. The molecule has 0 unspecified atom stereocenters. The molecule has 190 valence electrons. The van der Waals surface area contributed by atoms with Crippen LogP contribution < -0.4 is 0 Å². The van der Waals surface area contributed by atoms with E-state index in [1.165, 1.54) is 43.4 Å². The van der Waals surface area contributed by atoms with Gasteiger partial charge >= 0.3 is 0 Å². The van der Waals surface area contributed by atoms with Crippen LogP contribution in [0, 0.1) is 0 Å². The monoisotopic (exact) mass is 521 g/mol. The van der Waals surface area contributed by atoms with Crippen LogP contribution in [0.15, 0.2) is 144 Å². The largest absolute Gasteiger partial charge is 0.455 e. The van der Waals surface area contributed by atoms with Crippen molar-refractivity contribution >= 4 is 54.3 Å². The second-order valence-corrected chi connectivity index (χ2v) is 10.7. The number of hydrogen-bond acceptors (Lipinski definition) is 2. The van der Waals surface area contributed by atoms with Crippen molar-refractivity contribution in [3.05, 3.63) is 140 Å². The lowest BCUT2D eigenvalue weighted by atomic mass is 9.88. The van der Waals surface area contributed by atoms with Crippen molar-refractivity contribution in [3.63, 3.8) is 0 Å². The molecule has 2 aromatic heterocycles. The smallest absolute Gasteiger partial charge is 0.143 e. The van der Waals surface area contributed by atoms with Gasteiger partial charge in [0.05, 0.1) is 5.69 Å². The second kappa shape index (κ2) is 8.51. The molecule has 2 heterocycles. The lowest BCUT2D eigenvalue weighted by Crippen LogP contribution is -1.91. The number of rotatable bonds is 3. The summed E-state index contributed by atoms with van der Waals surface area (Å²) in [6.45, 7) is 0. The Hall–Kier alpha value is -5.47. The third-order valence-electron chi connectivity index (χ3n) is 8.50. The third-order valence-corrected chi connectivity index (χ3v) is 8.50. The van der Waals surface area contributed by atoms with Crippen molar-refractivity contribution in [2.24, 2.45) is 0 Å². The Morgan fingerprint density at radius 3 is 1.88 bits per heavy atom. The lowest BCUT2D eigenvalue weighted by Gasteiger charge is -2.16. The van der Waals surface area contributed by atoms with Crippen molar-refractivity contribution in [1.29, 1.82) is 0 Å². The molecule has 0 atom stereocenters. The highest BCUT2D eigenvalue weighted by Crippen LogP contribution is 2.42. The Morgan fingerprint density at radius 2 is 1.10 bits per heavy atom. The van der Waals surface area contributed by atoms with Crippen molar-refractivity contribution in [1.82, 2.24) is 4.98 Å². The predicted molar refractivity (Wildman–Crippen MR) is 172 cm³/mol. The Labute approximate surface area is 236 Å². The molecule has 0 spiro atoms. The molecule has 0 N–H and O–H groups in total. The van der Waals surface area contributed by atoms with E-state index < -0.39 is 0 Å². The number of pyridine rings is 1. The minimum atomic E-state index is 0.903. The molecule has 0 bridgehead atoms. The average molecular weight is 522 g/mol. The van der Waals surface area contributed by atoms with E-state index in [4.69, 9.17) is 9.40 Å². The molecule has 0 saturated carbocycles. The van der Waals surface area contributed by atoms with Crippen LogP contribution in [0.25, 0.3) is 87.8 Å². The molecule has 2 nitrogen and oxygen atoms in total. The summed E-state index contributed by atoms with van der Waals surface area (Å²) in [5.74, 6) is 0. The number of benzene rings is 7. The molecule has 0 fully saturated rings. The maximum absolute atomic E-state index is 6.29. The van der Waals surface area contributed by atoms with E-state index in [2.05, 4.69) is 121 Å². The maximum Gasteiger partial charge on any atom is 0.143 e. The van der Waals surface area contributed by atoms with Gasteiger partial charge in [-0.05, 0) is 55.6 Å². The van der Waals surface area contributed by atoms with Gasteiger partial charge in [0.2, 0.25) is 0 Å². The Morgan fingerprint density at radius 1 is 0.415 bits per heavy atom.